The molecule has 9 nitrogen and oxygen atoms in total. The van der Waals surface area contributed by atoms with Crippen LogP contribution < -0.4 is 10.9 Å². The Labute approximate surface area is 178 Å². The summed E-state index contributed by atoms with van der Waals surface area (Å²) in [6.07, 6.45) is 0. The number of nitrogens with one attached hydrogen (secondary N) is 1. The van der Waals surface area contributed by atoms with Crippen LogP contribution >= 0.6 is 0 Å². The number of rotatable bonds is 5. The van der Waals surface area contributed by atoms with Gasteiger partial charge >= 0.3 is 0 Å². The third kappa shape index (κ3) is 4.06. The molecule has 0 unspecified atom stereocenters. The molecule has 0 bridgehead atoms. The maximum absolute atomic E-state index is 12.6. The number of hydrogen-bond acceptors (Lipinski definition) is 6. The first-order valence-electron chi connectivity index (χ1n) is 9.16. The second-order valence-electron chi connectivity index (χ2n) is 6.99. The highest BCUT2D eigenvalue weighted by Gasteiger charge is 2.24. The summed E-state index contributed by atoms with van der Waals surface area (Å²) in [6, 6.07) is 17.4. The molecule has 4 rings (SSSR count). The number of primary amides is 1. The predicted octanol–water partition coefficient (Wildman–Crippen LogP) is 2.26. The highest BCUT2D eigenvalue weighted by Crippen LogP contribution is 2.39. The molecule has 0 fully saturated rings. The smallest absolute Gasteiger partial charge is 0.248 e. The van der Waals surface area contributed by atoms with E-state index in [0.29, 0.717) is 22.3 Å². The van der Waals surface area contributed by atoms with Crippen LogP contribution in [0.4, 0.5) is 0 Å². The Morgan fingerprint density at radius 3 is 2.32 bits per heavy atom. The van der Waals surface area contributed by atoms with Crippen molar-refractivity contribution in [1.82, 2.24) is 20.6 Å². The molecular formula is C21H18N6O3S. The van der Waals surface area contributed by atoms with Crippen LogP contribution in [-0.2, 0) is 10.0 Å². The molecule has 1 aromatic heterocycles. The molecule has 0 atom stereocenters. The minimum atomic E-state index is -4.17. The van der Waals surface area contributed by atoms with Crippen LogP contribution in [0, 0.1) is 6.92 Å². The van der Waals surface area contributed by atoms with Gasteiger partial charge in [0.1, 0.15) is 0 Å². The maximum Gasteiger partial charge on any atom is 0.248 e. The molecule has 0 saturated heterocycles. The van der Waals surface area contributed by atoms with Crippen LogP contribution in [0.25, 0.3) is 33.6 Å². The minimum Gasteiger partial charge on any atom is -0.366 e. The second kappa shape index (κ2) is 7.74. The maximum atomic E-state index is 12.6. The van der Waals surface area contributed by atoms with Crippen LogP contribution in [0.2, 0.25) is 0 Å². The Morgan fingerprint density at radius 2 is 1.71 bits per heavy atom. The van der Waals surface area contributed by atoms with Crippen LogP contribution in [-0.4, -0.2) is 34.9 Å². The largest absolute Gasteiger partial charge is 0.366 e. The SMILES string of the molecule is Cc1ccc(-c2cc(-c3cccc(C(N)=O)c3)cc(S(N)(=O)=O)c2-c2nn[nH]n2)cc1. The molecule has 1 amide bonds. The van der Waals surface area contributed by atoms with Crippen LogP contribution in [0.5, 0.6) is 0 Å². The summed E-state index contributed by atoms with van der Waals surface area (Å²) in [5, 5.41) is 19.4. The van der Waals surface area contributed by atoms with Gasteiger partial charge in [0.15, 0.2) is 0 Å². The number of aryl methyl sites for hydroxylation is 1. The fourth-order valence-corrected chi connectivity index (χ4v) is 4.09. The van der Waals surface area contributed by atoms with E-state index in [1.54, 1.807) is 30.3 Å². The number of carbonyl (C=O) groups excluding carboxylic acids is 1. The fourth-order valence-electron chi connectivity index (χ4n) is 3.32. The average Bonchev–Trinajstić information content (AvgIpc) is 3.27. The van der Waals surface area contributed by atoms with Gasteiger partial charge in [-0.15, -0.1) is 10.2 Å². The lowest BCUT2D eigenvalue weighted by Crippen LogP contribution is -2.15. The summed E-state index contributed by atoms with van der Waals surface area (Å²) < 4.78 is 25.1. The number of nitrogens with zero attached hydrogens (tertiary/aromatic N) is 3. The van der Waals surface area contributed by atoms with E-state index in [4.69, 9.17) is 10.9 Å². The van der Waals surface area contributed by atoms with Gasteiger partial charge in [0.2, 0.25) is 21.8 Å². The van der Waals surface area contributed by atoms with Crippen molar-refractivity contribution in [2.24, 2.45) is 10.9 Å². The minimum absolute atomic E-state index is 0.0945. The summed E-state index contributed by atoms with van der Waals surface area (Å²) in [5.74, 6) is -0.493. The molecule has 10 heteroatoms. The van der Waals surface area contributed by atoms with E-state index in [-0.39, 0.29) is 16.3 Å². The first-order chi connectivity index (χ1) is 14.7. The molecule has 1 heterocycles. The average molecular weight is 434 g/mol. The van der Waals surface area contributed by atoms with Crippen LogP contribution in [0.15, 0.2) is 65.6 Å². The zero-order chi connectivity index (χ0) is 22.2. The molecule has 0 aliphatic heterocycles. The first kappa shape index (κ1) is 20.4. The highest BCUT2D eigenvalue weighted by molar-refractivity contribution is 7.89. The van der Waals surface area contributed by atoms with Crippen LogP contribution in [0.1, 0.15) is 15.9 Å². The number of sulfonamides is 1. The third-order valence-electron chi connectivity index (χ3n) is 4.82. The summed E-state index contributed by atoms with van der Waals surface area (Å²) >= 11 is 0. The zero-order valence-electron chi connectivity index (χ0n) is 16.4. The molecule has 156 valence electrons. The number of aromatic amines is 1. The van der Waals surface area contributed by atoms with E-state index >= 15 is 0 Å². The van der Waals surface area contributed by atoms with Crippen molar-refractivity contribution in [2.75, 3.05) is 0 Å². The van der Waals surface area contributed by atoms with Crippen molar-refractivity contribution >= 4 is 15.9 Å². The summed E-state index contributed by atoms with van der Waals surface area (Å²) in [6.45, 7) is 1.95. The van der Waals surface area contributed by atoms with E-state index in [9.17, 15) is 13.2 Å². The van der Waals surface area contributed by atoms with Crippen molar-refractivity contribution in [2.45, 2.75) is 11.8 Å². The number of amides is 1. The zero-order valence-corrected chi connectivity index (χ0v) is 17.2. The Balaban J connectivity index is 2.08. The Bertz CT molecular complexity index is 1380. The number of H-pyrrole nitrogens is 1. The van der Waals surface area contributed by atoms with Gasteiger partial charge in [-0.3, -0.25) is 4.79 Å². The number of carbonyl (C=O) groups is 1. The molecule has 0 saturated carbocycles. The number of nitrogens with two attached hydrogens (primary N) is 2. The van der Waals surface area contributed by atoms with Gasteiger partial charge in [-0.2, -0.15) is 5.21 Å². The molecule has 4 aromatic rings. The number of benzene rings is 3. The van der Waals surface area contributed by atoms with Gasteiger partial charge in [0.25, 0.3) is 0 Å². The van der Waals surface area contributed by atoms with Crippen molar-refractivity contribution < 1.29 is 13.2 Å². The lowest BCUT2D eigenvalue weighted by Gasteiger charge is -2.15. The number of aromatic nitrogens is 4. The Hall–Kier alpha value is -3.89. The van der Waals surface area contributed by atoms with E-state index in [1.807, 2.05) is 31.2 Å². The molecule has 3 aromatic carbocycles. The molecule has 0 aliphatic rings. The predicted molar refractivity (Wildman–Crippen MR) is 115 cm³/mol. The number of primary sulfonamides is 1. The second-order valence-corrected chi connectivity index (χ2v) is 8.52. The fraction of sp³-hybridized carbons (Fsp3) is 0.0476. The molecular weight excluding hydrogens is 416 g/mol. The monoisotopic (exact) mass is 434 g/mol. The highest BCUT2D eigenvalue weighted by atomic mass is 32.2. The van der Waals surface area contributed by atoms with Gasteiger partial charge < -0.3 is 5.73 Å². The Kier molecular flexibility index (Phi) is 5.09. The molecule has 5 N–H and O–H groups in total. The standard InChI is InChI=1S/C21H18N6O3S/c1-12-5-7-13(8-6-12)17-10-16(14-3-2-4-15(9-14)20(22)28)11-18(31(23,29)30)19(17)21-24-26-27-25-21/h2-11H,1H3,(H2,22,28)(H2,23,29,30)(H,24,25,26,27). The summed E-state index contributed by atoms with van der Waals surface area (Å²) in [4.78, 5) is 11.5. The summed E-state index contributed by atoms with van der Waals surface area (Å²) in [5.41, 5.74) is 9.41. The van der Waals surface area contributed by atoms with Gasteiger partial charge in [0, 0.05) is 5.56 Å². The van der Waals surface area contributed by atoms with E-state index in [2.05, 4.69) is 20.6 Å². The summed E-state index contributed by atoms with van der Waals surface area (Å²) in [7, 11) is -4.17. The first-order valence-corrected chi connectivity index (χ1v) is 10.7. The molecule has 0 aliphatic carbocycles. The lowest BCUT2D eigenvalue weighted by atomic mass is 9.93. The van der Waals surface area contributed by atoms with E-state index in [1.165, 1.54) is 6.07 Å². The third-order valence-corrected chi connectivity index (χ3v) is 5.76. The number of tetrazole rings is 1. The normalized spacial score (nSPS) is 11.4. The lowest BCUT2D eigenvalue weighted by molar-refractivity contribution is 0.100. The molecule has 31 heavy (non-hydrogen) atoms. The van der Waals surface area contributed by atoms with Crippen LogP contribution in [0.3, 0.4) is 0 Å². The van der Waals surface area contributed by atoms with Crippen molar-refractivity contribution in [3.8, 4) is 33.6 Å². The van der Waals surface area contributed by atoms with E-state index in [0.717, 1.165) is 11.1 Å². The van der Waals surface area contributed by atoms with E-state index < -0.39 is 15.9 Å². The van der Waals surface area contributed by atoms with Gasteiger partial charge in [-0.25, -0.2) is 13.6 Å². The quantitative estimate of drug-likeness (QED) is 0.437. The Morgan fingerprint density at radius 1 is 0.968 bits per heavy atom. The van der Waals surface area contributed by atoms with Crippen molar-refractivity contribution in [3.05, 3.63) is 71.8 Å². The van der Waals surface area contributed by atoms with Gasteiger partial charge in [0.05, 0.1) is 10.5 Å². The van der Waals surface area contributed by atoms with Gasteiger partial charge in [-0.05, 0) is 58.7 Å². The molecule has 0 radical (unpaired) electrons. The van der Waals surface area contributed by atoms with Gasteiger partial charge in [-0.1, -0.05) is 42.0 Å². The number of hydrogen-bond donors (Lipinski definition) is 3. The van der Waals surface area contributed by atoms with Crippen molar-refractivity contribution in [3.63, 3.8) is 0 Å². The topological polar surface area (TPSA) is 158 Å². The van der Waals surface area contributed by atoms with Crippen molar-refractivity contribution in [1.29, 1.82) is 0 Å². The molecule has 0 spiro atoms.